The Morgan fingerprint density at radius 2 is 2.22 bits per heavy atom. The van der Waals surface area contributed by atoms with Crippen LogP contribution in [0.1, 0.15) is 30.6 Å². The second-order valence-corrected chi connectivity index (χ2v) is 5.94. The van der Waals surface area contributed by atoms with Crippen molar-refractivity contribution >= 4 is 21.8 Å². The Morgan fingerprint density at radius 3 is 2.83 bits per heavy atom. The fourth-order valence-corrected chi connectivity index (χ4v) is 2.79. The number of carbonyl (C=O) groups excluding carboxylic acids is 1. The van der Waals surface area contributed by atoms with Gasteiger partial charge in [-0.3, -0.25) is 4.79 Å². The zero-order valence-electron chi connectivity index (χ0n) is 10.6. The van der Waals surface area contributed by atoms with Gasteiger partial charge in [0.2, 0.25) is 0 Å². The van der Waals surface area contributed by atoms with Gasteiger partial charge in [0.15, 0.2) is 0 Å². The molecule has 18 heavy (non-hydrogen) atoms. The average Bonchev–Trinajstić information content (AvgIpc) is 2.81. The quantitative estimate of drug-likeness (QED) is 0.815. The van der Waals surface area contributed by atoms with Crippen molar-refractivity contribution in [3.05, 3.63) is 34.1 Å². The van der Waals surface area contributed by atoms with Crippen molar-refractivity contribution in [1.82, 2.24) is 4.90 Å². The molecule has 1 amide bonds. The van der Waals surface area contributed by atoms with Crippen LogP contribution < -0.4 is 0 Å². The van der Waals surface area contributed by atoms with Gasteiger partial charge in [0.05, 0.1) is 10.0 Å². The van der Waals surface area contributed by atoms with Crippen molar-refractivity contribution in [1.29, 1.82) is 0 Å². The molecule has 2 rings (SSSR count). The van der Waals surface area contributed by atoms with Crippen molar-refractivity contribution in [2.24, 2.45) is 11.8 Å². The standard InChI is InChI=1S/C14H17BrFNO/c1-9(2)10-6-7-17(8-10)14(18)11-4-3-5-12(16)13(11)15/h3-5,9-10H,6-8H2,1-2H3. The molecule has 1 unspecified atom stereocenters. The van der Waals surface area contributed by atoms with Crippen molar-refractivity contribution < 1.29 is 9.18 Å². The topological polar surface area (TPSA) is 20.3 Å². The summed E-state index contributed by atoms with van der Waals surface area (Å²) in [4.78, 5) is 14.1. The van der Waals surface area contributed by atoms with Crippen LogP contribution in [0.4, 0.5) is 4.39 Å². The molecule has 1 aliphatic rings. The molecule has 1 fully saturated rings. The molecule has 1 aromatic rings. The smallest absolute Gasteiger partial charge is 0.255 e. The van der Waals surface area contributed by atoms with Gasteiger partial charge in [-0.2, -0.15) is 0 Å². The molecular weight excluding hydrogens is 297 g/mol. The Labute approximate surface area is 115 Å². The molecule has 0 N–H and O–H groups in total. The van der Waals surface area contributed by atoms with Crippen LogP contribution in [0.25, 0.3) is 0 Å². The third-order valence-electron chi connectivity index (χ3n) is 3.64. The van der Waals surface area contributed by atoms with Crippen LogP contribution in [-0.2, 0) is 0 Å². The number of amides is 1. The molecule has 1 aliphatic heterocycles. The van der Waals surface area contributed by atoms with Gasteiger partial charge in [-0.15, -0.1) is 0 Å². The van der Waals surface area contributed by atoms with E-state index in [0.717, 1.165) is 19.5 Å². The van der Waals surface area contributed by atoms with Gasteiger partial charge in [0.25, 0.3) is 5.91 Å². The predicted molar refractivity (Wildman–Crippen MR) is 72.9 cm³/mol. The molecule has 0 aromatic heterocycles. The maximum atomic E-state index is 13.4. The number of carbonyl (C=O) groups is 1. The summed E-state index contributed by atoms with van der Waals surface area (Å²) < 4.78 is 13.7. The molecule has 0 spiro atoms. The SMILES string of the molecule is CC(C)C1CCN(C(=O)c2cccc(F)c2Br)C1. The Kier molecular flexibility index (Phi) is 4.05. The van der Waals surface area contributed by atoms with Crippen LogP contribution in [0.5, 0.6) is 0 Å². The van der Waals surface area contributed by atoms with Crippen LogP contribution in [0.3, 0.4) is 0 Å². The Hall–Kier alpha value is -0.900. The van der Waals surface area contributed by atoms with Crippen molar-refractivity contribution in [3.63, 3.8) is 0 Å². The predicted octanol–water partition coefficient (Wildman–Crippen LogP) is 3.71. The lowest BCUT2D eigenvalue weighted by Gasteiger charge is -2.19. The second kappa shape index (κ2) is 5.39. The molecular formula is C14H17BrFNO. The summed E-state index contributed by atoms with van der Waals surface area (Å²) in [6.45, 7) is 5.90. The van der Waals surface area contributed by atoms with E-state index < -0.39 is 0 Å². The third-order valence-corrected chi connectivity index (χ3v) is 4.44. The third kappa shape index (κ3) is 2.58. The fourth-order valence-electron chi connectivity index (χ4n) is 2.36. The number of hydrogen-bond donors (Lipinski definition) is 0. The van der Waals surface area contributed by atoms with E-state index in [9.17, 15) is 9.18 Å². The van der Waals surface area contributed by atoms with Crippen LogP contribution in [0.2, 0.25) is 0 Å². The summed E-state index contributed by atoms with van der Waals surface area (Å²) in [5, 5.41) is 0. The van der Waals surface area contributed by atoms with E-state index in [1.165, 1.54) is 6.07 Å². The number of halogens is 2. The molecule has 0 radical (unpaired) electrons. The van der Waals surface area contributed by atoms with Crippen LogP contribution in [0, 0.1) is 17.7 Å². The van der Waals surface area contributed by atoms with Crippen molar-refractivity contribution in [2.75, 3.05) is 13.1 Å². The molecule has 1 saturated heterocycles. The summed E-state index contributed by atoms with van der Waals surface area (Å²) in [7, 11) is 0. The molecule has 1 aromatic carbocycles. The normalized spacial score (nSPS) is 19.6. The molecule has 98 valence electrons. The lowest BCUT2D eigenvalue weighted by molar-refractivity contribution is 0.0782. The van der Waals surface area contributed by atoms with Gasteiger partial charge in [-0.1, -0.05) is 19.9 Å². The van der Waals surface area contributed by atoms with Crippen molar-refractivity contribution in [3.8, 4) is 0 Å². The lowest BCUT2D eigenvalue weighted by Crippen LogP contribution is -2.29. The number of hydrogen-bond acceptors (Lipinski definition) is 1. The Balaban J connectivity index is 2.16. The van der Waals surface area contributed by atoms with Gasteiger partial charge in [0.1, 0.15) is 5.82 Å². The number of nitrogens with zero attached hydrogens (tertiary/aromatic N) is 1. The summed E-state index contributed by atoms with van der Waals surface area (Å²) in [5.41, 5.74) is 0.416. The van der Waals surface area contributed by atoms with Gasteiger partial charge < -0.3 is 4.90 Å². The minimum Gasteiger partial charge on any atom is -0.338 e. The minimum absolute atomic E-state index is 0.0791. The lowest BCUT2D eigenvalue weighted by atomic mass is 9.95. The first-order valence-corrected chi connectivity index (χ1v) is 7.03. The van der Waals surface area contributed by atoms with Gasteiger partial charge >= 0.3 is 0 Å². The van der Waals surface area contributed by atoms with Crippen LogP contribution >= 0.6 is 15.9 Å². The maximum absolute atomic E-state index is 13.4. The van der Waals surface area contributed by atoms with Gasteiger partial charge in [-0.25, -0.2) is 4.39 Å². The first-order valence-electron chi connectivity index (χ1n) is 6.24. The fraction of sp³-hybridized carbons (Fsp3) is 0.500. The van der Waals surface area contributed by atoms with E-state index in [2.05, 4.69) is 29.8 Å². The van der Waals surface area contributed by atoms with Crippen LogP contribution in [-0.4, -0.2) is 23.9 Å². The highest BCUT2D eigenvalue weighted by Gasteiger charge is 2.29. The molecule has 4 heteroatoms. The Morgan fingerprint density at radius 1 is 1.50 bits per heavy atom. The van der Waals surface area contributed by atoms with E-state index in [1.54, 1.807) is 12.1 Å². The molecule has 0 saturated carbocycles. The molecule has 2 nitrogen and oxygen atoms in total. The van der Waals surface area contributed by atoms with Gasteiger partial charge in [-0.05, 0) is 46.3 Å². The molecule has 1 atom stereocenters. The largest absolute Gasteiger partial charge is 0.338 e. The highest BCUT2D eigenvalue weighted by Crippen LogP contribution is 2.27. The van der Waals surface area contributed by atoms with E-state index in [1.807, 2.05) is 4.90 Å². The zero-order chi connectivity index (χ0) is 13.3. The van der Waals surface area contributed by atoms with Crippen molar-refractivity contribution in [2.45, 2.75) is 20.3 Å². The van der Waals surface area contributed by atoms with E-state index in [4.69, 9.17) is 0 Å². The monoisotopic (exact) mass is 313 g/mol. The Bertz CT molecular complexity index is 461. The average molecular weight is 314 g/mol. The van der Waals surface area contributed by atoms with E-state index in [-0.39, 0.29) is 16.2 Å². The minimum atomic E-state index is -0.388. The highest BCUT2D eigenvalue weighted by atomic mass is 79.9. The van der Waals surface area contributed by atoms with E-state index in [0.29, 0.717) is 17.4 Å². The summed E-state index contributed by atoms with van der Waals surface area (Å²) in [6, 6.07) is 4.59. The number of likely N-dealkylation sites (tertiary alicyclic amines) is 1. The molecule has 1 heterocycles. The van der Waals surface area contributed by atoms with Gasteiger partial charge in [0, 0.05) is 13.1 Å². The number of benzene rings is 1. The molecule has 0 bridgehead atoms. The second-order valence-electron chi connectivity index (χ2n) is 5.15. The maximum Gasteiger partial charge on any atom is 0.255 e. The number of rotatable bonds is 2. The molecule has 0 aliphatic carbocycles. The van der Waals surface area contributed by atoms with E-state index >= 15 is 0 Å². The summed E-state index contributed by atoms with van der Waals surface area (Å²) in [5.74, 6) is 0.671. The van der Waals surface area contributed by atoms with Crippen LogP contribution in [0.15, 0.2) is 22.7 Å². The highest BCUT2D eigenvalue weighted by molar-refractivity contribution is 9.10. The zero-order valence-corrected chi connectivity index (χ0v) is 12.2. The first kappa shape index (κ1) is 13.5. The first-order chi connectivity index (χ1) is 8.50. The summed E-state index contributed by atoms with van der Waals surface area (Å²) >= 11 is 3.15. The summed E-state index contributed by atoms with van der Waals surface area (Å²) in [6.07, 6.45) is 1.04.